The Morgan fingerprint density at radius 1 is 1.50 bits per heavy atom. The van der Waals surface area contributed by atoms with Crippen molar-refractivity contribution in [3.05, 3.63) is 29.3 Å². The van der Waals surface area contributed by atoms with Gasteiger partial charge in [-0.15, -0.1) is 12.3 Å². The van der Waals surface area contributed by atoms with E-state index in [2.05, 4.69) is 11.2 Å². The molecule has 1 aliphatic rings. The molecule has 2 rings (SSSR count). The number of aromatic hydroxyl groups is 1. The summed E-state index contributed by atoms with van der Waals surface area (Å²) in [5, 5.41) is 13.0. The lowest BCUT2D eigenvalue weighted by Gasteiger charge is -2.26. The van der Waals surface area contributed by atoms with Gasteiger partial charge in [0.2, 0.25) is 0 Å². The van der Waals surface area contributed by atoms with E-state index in [9.17, 15) is 5.11 Å². The van der Waals surface area contributed by atoms with Crippen LogP contribution >= 0.6 is 0 Å². The number of hydrogen-bond acceptors (Lipinski definition) is 2. The Bertz CT molecular complexity index is 406. The van der Waals surface area contributed by atoms with Gasteiger partial charge in [0.15, 0.2) is 0 Å². The van der Waals surface area contributed by atoms with Crippen LogP contribution in [0.25, 0.3) is 0 Å². The van der Waals surface area contributed by atoms with Gasteiger partial charge >= 0.3 is 0 Å². The summed E-state index contributed by atoms with van der Waals surface area (Å²) < 4.78 is 0. The van der Waals surface area contributed by atoms with Crippen molar-refractivity contribution in [2.24, 2.45) is 0 Å². The van der Waals surface area contributed by atoms with Crippen molar-refractivity contribution in [3.63, 3.8) is 0 Å². The van der Waals surface area contributed by atoms with Crippen LogP contribution in [-0.4, -0.2) is 11.7 Å². The lowest BCUT2D eigenvalue weighted by atomic mass is 9.87. The van der Waals surface area contributed by atoms with Crippen molar-refractivity contribution >= 4 is 0 Å². The highest BCUT2D eigenvalue weighted by molar-refractivity contribution is 5.38. The largest absolute Gasteiger partial charge is 0.508 e. The number of phenolic OH excluding ortho intramolecular Hbond substituents is 1. The predicted octanol–water partition coefficient (Wildman–Crippen LogP) is 2.38. The van der Waals surface area contributed by atoms with Crippen LogP contribution < -0.4 is 5.32 Å². The van der Waals surface area contributed by atoms with Crippen LogP contribution in [0.15, 0.2) is 18.2 Å². The first-order valence-corrected chi connectivity index (χ1v) is 5.80. The van der Waals surface area contributed by atoms with Crippen LogP contribution in [0.1, 0.15) is 36.4 Å². The molecule has 1 aliphatic carbocycles. The highest BCUT2D eigenvalue weighted by Gasteiger charge is 2.19. The van der Waals surface area contributed by atoms with Gasteiger partial charge in [-0.05, 0) is 42.5 Å². The molecule has 0 amide bonds. The Morgan fingerprint density at radius 2 is 2.38 bits per heavy atom. The number of benzene rings is 1. The molecular weight excluding hydrogens is 198 g/mol. The van der Waals surface area contributed by atoms with Crippen molar-refractivity contribution in [3.8, 4) is 18.1 Å². The predicted molar refractivity (Wildman–Crippen MR) is 65.2 cm³/mol. The van der Waals surface area contributed by atoms with Gasteiger partial charge in [-0.1, -0.05) is 6.07 Å². The standard InChI is InChI=1S/C14H17NO/c1-2-3-9-15-14-6-4-5-11-7-8-12(16)10-13(11)14/h1,7-8,10,14-16H,3-6,9H2. The molecule has 2 nitrogen and oxygen atoms in total. The summed E-state index contributed by atoms with van der Waals surface area (Å²) in [5.74, 6) is 2.98. The van der Waals surface area contributed by atoms with Crippen molar-refractivity contribution in [2.45, 2.75) is 31.7 Å². The minimum absolute atomic E-state index is 0.351. The topological polar surface area (TPSA) is 32.3 Å². The smallest absolute Gasteiger partial charge is 0.115 e. The van der Waals surface area contributed by atoms with Gasteiger partial charge in [-0.3, -0.25) is 0 Å². The highest BCUT2D eigenvalue weighted by atomic mass is 16.3. The van der Waals surface area contributed by atoms with Crippen LogP contribution in [0.4, 0.5) is 0 Å². The van der Waals surface area contributed by atoms with E-state index < -0.39 is 0 Å². The average Bonchev–Trinajstić information content (AvgIpc) is 2.30. The molecular formula is C14H17NO. The van der Waals surface area contributed by atoms with Crippen molar-refractivity contribution < 1.29 is 5.11 Å². The molecule has 0 aromatic heterocycles. The summed E-state index contributed by atoms with van der Waals surface area (Å²) in [7, 11) is 0. The van der Waals surface area contributed by atoms with E-state index in [1.54, 1.807) is 6.07 Å². The fourth-order valence-corrected chi connectivity index (χ4v) is 2.32. The van der Waals surface area contributed by atoms with E-state index >= 15 is 0 Å². The maximum atomic E-state index is 9.52. The van der Waals surface area contributed by atoms with E-state index in [0.717, 1.165) is 25.8 Å². The summed E-state index contributed by atoms with van der Waals surface area (Å²) in [6.45, 7) is 0.844. The van der Waals surface area contributed by atoms with E-state index in [4.69, 9.17) is 6.42 Å². The molecule has 0 spiro atoms. The van der Waals surface area contributed by atoms with Gasteiger partial charge in [0.1, 0.15) is 5.75 Å². The normalized spacial score (nSPS) is 18.8. The molecule has 1 unspecified atom stereocenters. The number of aryl methyl sites for hydroxylation is 1. The summed E-state index contributed by atoms with van der Waals surface area (Å²) in [4.78, 5) is 0. The molecule has 0 saturated heterocycles. The van der Waals surface area contributed by atoms with Gasteiger partial charge in [-0.25, -0.2) is 0 Å². The minimum atomic E-state index is 0.351. The third-order valence-corrected chi connectivity index (χ3v) is 3.10. The van der Waals surface area contributed by atoms with Crippen molar-refractivity contribution in [1.29, 1.82) is 0 Å². The van der Waals surface area contributed by atoms with Crippen LogP contribution in [0.5, 0.6) is 5.75 Å². The summed E-state index contributed by atoms with van der Waals surface area (Å²) in [6.07, 6.45) is 9.43. The number of terminal acetylenes is 1. The second kappa shape index (κ2) is 5.05. The molecule has 0 aliphatic heterocycles. The first-order chi connectivity index (χ1) is 7.81. The van der Waals surface area contributed by atoms with Gasteiger partial charge in [0.05, 0.1) is 0 Å². The number of fused-ring (bicyclic) bond motifs is 1. The van der Waals surface area contributed by atoms with Crippen LogP contribution in [0.2, 0.25) is 0 Å². The quantitative estimate of drug-likeness (QED) is 0.599. The van der Waals surface area contributed by atoms with Crippen molar-refractivity contribution in [1.82, 2.24) is 5.32 Å². The van der Waals surface area contributed by atoms with Gasteiger partial charge in [-0.2, -0.15) is 0 Å². The molecule has 84 valence electrons. The Balaban J connectivity index is 2.12. The zero-order valence-corrected chi connectivity index (χ0v) is 9.37. The third-order valence-electron chi connectivity index (χ3n) is 3.10. The number of phenols is 1. The third kappa shape index (κ3) is 2.37. The Hall–Kier alpha value is -1.46. The Kier molecular flexibility index (Phi) is 3.48. The molecule has 1 aromatic carbocycles. The SMILES string of the molecule is C#CCCNC1CCCc2ccc(O)cc21. The lowest BCUT2D eigenvalue weighted by Crippen LogP contribution is -2.25. The molecule has 2 N–H and O–H groups in total. The lowest BCUT2D eigenvalue weighted by molar-refractivity contribution is 0.450. The summed E-state index contributed by atoms with van der Waals surface area (Å²) in [6, 6.07) is 6.02. The van der Waals surface area contributed by atoms with E-state index in [0.29, 0.717) is 11.8 Å². The molecule has 0 saturated carbocycles. The fourth-order valence-electron chi connectivity index (χ4n) is 2.32. The van der Waals surface area contributed by atoms with Gasteiger partial charge in [0, 0.05) is 19.0 Å². The first-order valence-electron chi connectivity index (χ1n) is 5.80. The monoisotopic (exact) mass is 215 g/mol. The molecule has 16 heavy (non-hydrogen) atoms. The Morgan fingerprint density at radius 3 is 3.19 bits per heavy atom. The molecule has 1 atom stereocenters. The average molecular weight is 215 g/mol. The van der Waals surface area contributed by atoms with Gasteiger partial charge in [0.25, 0.3) is 0 Å². The Labute approximate surface area is 96.7 Å². The number of nitrogens with one attached hydrogen (secondary N) is 1. The van der Waals surface area contributed by atoms with E-state index in [1.807, 2.05) is 12.1 Å². The molecule has 0 heterocycles. The maximum absolute atomic E-state index is 9.52. The second-order valence-corrected chi connectivity index (χ2v) is 4.24. The molecule has 0 fully saturated rings. The summed E-state index contributed by atoms with van der Waals surface area (Å²) >= 11 is 0. The summed E-state index contributed by atoms with van der Waals surface area (Å²) in [5.41, 5.74) is 2.59. The maximum Gasteiger partial charge on any atom is 0.115 e. The zero-order valence-electron chi connectivity index (χ0n) is 9.37. The van der Waals surface area contributed by atoms with Crippen LogP contribution in [0.3, 0.4) is 0 Å². The molecule has 2 heteroatoms. The first kappa shape index (κ1) is 11.0. The van der Waals surface area contributed by atoms with Crippen LogP contribution in [0, 0.1) is 12.3 Å². The van der Waals surface area contributed by atoms with E-state index in [-0.39, 0.29) is 0 Å². The highest BCUT2D eigenvalue weighted by Crippen LogP contribution is 2.31. The zero-order chi connectivity index (χ0) is 11.4. The molecule has 0 radical (unpaired) electrons. The van der Waals surface area contributed by atoms with Gasteiger partial charge < -0.3 is 10.4 Å². The second-order valence-electron chi connectivity index (χ2n) is 4.24. The van der Waals surface area contributed by atoms with Crippen LogP contribution in [-0.2, 0) is 6.42 Å². The fraction of sp³-hybridized carbons (Fsp3) is 0.429. The minimum Gasteiger partial charge on any atom is -0.508 e. The molecule has 1 aromatic rings. The van der Waals surface area contributed by atoms with E-state index in [1.165, 1.54) is 17.5 Å². The van der Waals surface area contributed by atoms with Crippen molar-refractivity contribution in [2.75, 3.05) is 6.54 Å². The number of hydrogen-bond donors (Lipinski definition) is 2. The number of rotatable bonds is 3. The molecule has 0 bridgehead atoms.